The summed E-state index contributed by atoms with van der Waals surface area (Å²) >= 11 is 0. The van der Waals surface area contributed by atoms with Gasteiger partial charge < -0.3 is 24.1 Å². The van der Waals surface area contributed by atoms with Crippen LogP contribution in [0.5, 0.6) is 0 Å². The van der Waals surface area contributed by atoms with Gasteiger partial charge in [0.2, 0.25) is 0 Å². The predicted molar refractivity (Wildman–Crippen MR) is 139 cm³/mol. The number of ether oxygens (including phenoxy) is 3. The van der Waals surface area contributed by atoms with Crippen molar-refractivity contribution in [1.29, 1.82) is 0 Å². The van der Waals surface area contributed by atoms with Gasteiger partial charge in [-0.1, -0.05) is 25.1 Å². The predicted octanol–water partition coefficient (Wildman–Crippen LogP) is 3.79. The highest BCUT2D eigenvalue weighted by Gasteiger charge is 2.36. The second-order valence-electron chi connectivity index (χ2n) is 10.3. The molecule has 0 aliphatic carbocycles. The molecule has 0 bridgehead atoms. The van der Waals surface area contributed by atoms with Crippen molar-refractivity contribution in [3.8, 4) is 11.4 Å². The Balaban J connectivity index is 1.72. The Morgan fingerprint density at radius 3 is 2.55 bits per heavy atom. The third-order valence-corrected chi connectivity index (χ3v) is 6.43. The molecule has 3 heterocycles. The topological polar surface area (TPSA) is 126 Å². The summed E-state index contributed by atoms with van der Waals surface area (Å²) in [6, 6.07) is 11.5. The Morgan fingerprint density at radius 2 is 1.87 bits per heavy atom. The number of alkyl carbamates (subject to hydrolysis) is 1. The Kier molecular flexibility index (Phi) is 7.26. The van der Waals surface area contributed by atoms with E-state index in [1.807, 2.05) is 37.3 Å². The largest absolute Gasteiger partial charge is 0.463 e. The van der Waals surface area contributed by atoms with Crippen LogP contribution in [-0.2, 0) is 42.6 Å². The van der Waals surface area contributed by atoms with Crippen molar-refractivity contribution in [2.24, 2.45) is 0 Å². The Bertz CT molecular complexity index is 1470. The summed E-state index contributed by atoms with van der Waals surface area (Å²) in [6.45, 7) is 8.50. The highest BCUT2D eigenvalue weighted by Crippen LogP contribution is 2.37. The van der Waals surface area contributed by atoms with Crippen LogP contribution < -0.4 is 10.9 Å². The molecule has 0 fully saturated rings. The summed E-state index contributed by atoms with van der Waals surface area (Å²) in [5, 5.41) is 3.35. The molecule has 10 heteroatoms. The number of pyridine rings is 2. The smallest absolute Gasteiger partial charge is 0.408 e. The van der Waals surface area contributed by atoms with Gasteiger partial charge >= 0.3 is 12.1 Å². The van der Waals surface area contributed by atoms with E-state index in [0.717, 1.165) is 16.5 Å². The minimum absolute atomic E-state index is 0.204. The van der Waals surface area contributed by atoms with Crippen molar-refractivity contribution >= 4 is 29.4 Å². The second kappa shape index (κ2) is 10.3. The zero-order valence-corrected chi connectivity index (χ0v) is 22.1. The van der Waals surface area contributed by atoms with Gasteiger partial charge in [-0.15, -0.1) is 0 Å². The second-order valence-corrected chi connectivity index (χ2v) is 10.3. The number of carbonyl (C=O) groups excluding carboxylic acids is 3. The van der Waals surface area contributed by atoms with Crippen molar-refractivity contribution in [2.45, 2.75) is 65.4 Å². The maximum atomic E-state index is 13.7. The number of benzene rings is 1. The van der Waals surface area contributed by atoms with E-state index in [9.17, 15) is 19.2 Å². The molecular weight excluding hydrogens is 490 g/mol. The van der Waals surface area contributed by atoms with Crippen LogP contribution in [0.3, 0.4) is 0 Å². The minimum atomic E-state index is -1.26. The van der Waals surface area contributed by atoms with Gasteiger partial charge in [-0.2, -0.15) is 0 Å². The van der Waals surface area contributed by atoms with Crippen LogP contribution >= 0.6 is 0 Å². The van der Waals surface area contributed by atoms with Crippen LogP contribution in [0.4, 0.5) is 4.79 Å². The minimum Gasteiger partial charge on any atom is -0.463 e. The van der Waals surface area contributed by atoms with Crippen molar-refractivity contribution in [2.75, 3.05) is 6.54 Å². The molecule has 0 spiro atoms. The first-order chi connectivity index (χ1) is 18.0. The molecule has 200 valence electrons. The van der Waals surface area contributed by atoms with Gasteiger partial charge in [-0.3, -0.25) is 14.4 Å². The number of para-hydroxylation sites is 1. The lowest BCUT2D eigenvalue weighted by atomic mass is 9.89. The Hall–Kier alpha value is -4.21. The first-order valence-corrected chi connectivity index (χ1v) is 12.4. The van der Waals surface area contributed by atoms with E-state index in [4.69, 9.17) is 19.2 Å². The van der Waals surface area contributed by atoms with Gasteiger partial charge in [0.15, 0.2) is 0 Å². The molecule has 3 aromatic rings. The summed E-state index contributed by atoms with van der Waals surface area (Å²) in [4.78, 5) is 54.2. The molecule has 1 N–H and O–H groups in total. The summed E-state index contributed by atoms with van der Waals surface area (Å²) in [6.07, 6.45) is -0.446. The number of esters is 1. The maximum Gasteiger partial charge on any atom is 0.408 e. The zero-order chi connectivity index (χ0) is 27.7. The number of carbonyl (C=O) groups is 3. The number of nitrogens with one attached hydrogen (secondary N) is 1. The highest BCUT2D eigenvalue weighted by atomic mass is 16.6. The summed E-state index contributed by atoms with van der Waals surface area (Å²) in [5.41, 5.74) is 1.21. The fraction of sp³-hybridized carbons (Fsp3) is 0.393. The molecule has 1 atom stereocenters. The molecule has 1 aliphatic rings. The molecule has 10 nitrogen and oxygen atoms in total. The number of nitrogens with zero attached hydrogens (tertiary/aromatic N) is 2. The molecule has 4 rings (SSSR count). The standard InChI is InChI=1S/C28H31N3O7/c1-6-28(5,37-23(33)13-29-26(35)38-27(2,3)4)20-12-22-24-18(11-17-9-7-8-10-21(17)30-24)14-31(22)25(34)19(20)15-36-16-32/h7-12,16H,6,13-15H2,1-5H3,(H,29,35)/t28-/m0/s1. The Morgan fingerprint density at radius 1 is 1.13 bits per heavy atom. The first-order valence-electron chi connectivity index (χ1n) is 12.4. The number of rotatable bonds is 8. The summed E-state index contributed by atoms with van der Waals surface area (Å²) in [7, 11) is 0. The summed E-state index contributed by atoms with van der Waals surface area (Å²) in [5.74, 6) is -0.715. The fourth-order valence-electron chi connectivity index (χ4n) is 4.51. The normalized spacial score (nSPS) is 13.7. The SMILES string of the molecule is CC[C@](C)(OC(=O)CNC(=O)OC(C)(C)C)c1cc2n(c(=O)c1COC=O)Cc1cc3ccccc3nc1-2. The molecule has 1 amide bonds. The van der Waals surface area contributed by atoms with Crippen LogP contribution in [0, 0.1) is 0 Å². The van der Waals surface area contributed by atoms with E-state index in [1.54, 1.807) is 38.3 Å². The van der Waals surface area contributed by atoms with Crippen LogP contribution in [0.1, 0.15) is 57.7 Å². The molecule has 0 saturated heterocycles. The van der Waals surface area contributed by atoms with Crippen molar-refractivity contribution in [1.82, 2.24) is 14.9 Å². The lowest BCUT2D eigenvalue weighted by Gasteiger charge is -2.31. The van der Waals surface area contributed by atoms with Gasteiger partial charge in [-0.05, 0) is 52.3 Å². The van der Waals surface area contributed by atoms with Crippen LogP contribution in [-0.4, -0.2) is 40.2 Å². The van der Waals surface area contributed by atoms with Gasteiger partial charge in [0.25, 0.3) is 12.0 Å². The third-order valence-electron chi connectivity index (χ3n) is 6.43. The van der Waals surface area contributed by atoms with Crippen molar-refractivity contribution in [3.63, 3.8) is 0 Å². The van der Waals surface area contributed by atoms with Crippen molar-refractivity contribution < 1.29 is 28.6 Å². The highest BCUT2D eigenvalue weighted by molar-refractivity contribution is 5.84. The monoisotopic (exact) mass is 521 g/mol. The Labute approximate surface area is 219 Å². The first kappa shape index (κ1) is 26.8. The number of aromatic nitrogens is 2. The lowest BCUT2D eigenvalue weighted by molar-refractivity contribution is -0.158. The molecule has 1 aromatic carbocycles. The van der Waals surface area contributed by atoms with Crippen LogP contribution in [0.25, 0.3) is 22.3 Å². The van der Waals surface area contributed by atoms with E-state index >= 15 is 0 Å². The molecule has 2 aromatic heterocycles. The maximum absolute atomic E-state index is 13.7. The molecule has 38 heavy (non-hydrogen) atoms. The number of hydrogen-bond acceptors (Lipinski definition) is 8. The third kappa shape index (κ3) is 5.39. The van der Waals surface area contributed by atoms with E-state index in [2.05, 4.69) is 5.32 Å². The van der Waals surface area contributed by atoms with Gasteiger partial charge in [-0.25, -0.2) is 9.78 Å². The molecule has 0 radical (unpaired) electrons. The van der Waals surface area contributed by atoms with Gasteiger partial charge in [0, 0.05) is 16.5 Å². The molecular formula is C28H31N3O7. The van der Waals surface area contributed by atoms with E-state index in [1.165, 1.54) is 0 Å². The van der Waals surface area contributed by atoms with Crippen molar-refractivity contribution in [3.05, 3.63) is 63.4 Å². The van der Waals surface area contributed by atoms with E-state index in [0.29, 0.717) is 29.9 Å². The lowest BCUT2D eigenvalue weighted by Crippen LogP contribution is -2.40. The quantitative estimate of drug-likeness (QED) is 0.211. The van der Waals surface area contributed by atoms with E-state index < -0.39 is 29.8 Å². The van der Waals surface area contributed by atoms with E-state index in [-0.39, 0.29) is 24.2 Å². The van der Waals surface area contributed by atoms with Gasteiger partial charge in [0.1, 0.15) is 24.4 Å². The summed E-state index contributed by atoms with van der Waals surface area (Å²) < 4.78 is 17.6. The fourth-order valence-corrected chi connectivity index (χ4v) is 4.51. The van der Waals surface area contributed by atoms with Crippen LogP contribution in [0.15, 0.2) is 41.2 Å². The number of hydrogen-bond donors (Lipinski definition) is 1. The molecule has 0 unspecified atom stereocenters. The average Bonchev–Trinajstić information content (AvgIpc) is 3.22. The zero-order valence-electron chi connectivity index (χ0n) is 22.1. The van der Waals surface area contributed by atoms with Gasteiger partial charge in [0.05, 0.1) is 29.0 Å². The molecule has 1 aliphatic heterocycles. The number of fused-ring (bicyclic) bond motifs is 4. The van der Waals surface area contributed by atoms with Crippen LogP contribution in [0.2, 0.25) is 0 Å². The number of amides is 1. The molecule has 0 saturated carbocycles. The average molecular weight is 522 g/mol.